The summed E-state index contributed by atoms with van der Waals surface area (Å²) in [4.78, 5) is -0.336. The van der Waals surface area contributed by atoms with Crippen molar-refractivity contribution in [3.05, 3.63) is 22.7 Å². The molecule has 0 amide bonds. The van der Waals surface area contributed by atoms with E-state index in [9.17, 15) is 18.6 Å². The molecule has 0 unspecified atom stereocenters. The summed E-state index contributed by atoms with van der Waals surface area (Å²) in [5.41, 5.74) is -0.957. The minimum Gasteiger partial charge on any atom is -0.505 e. The molecule has 16 heavy (non-hydrogen) atoms. The number of phenolic OH excluding ortho intramolecular Hbond substituents is 1. The second kappa shape index (κ2) is 4.61. The monoisotopic (exact) mass is 264 g/mol. The molecule has 6 heteroatoms. The van der Waals surface area contributed by atoms with Gasteiger partial charge in [0.15, 0.2) is 11.2 Å². The van der Waals surface area contributed by atoms with Crippen molar-refractivity contribution in [2.45, 2.75) is 30.6 Å². The van der Waals surface area contributed by atoms with E-state index in [2.05, 4.69) is 0 Å². The SMILES string of the molecule is CC[C@H](O)S(=O)(=O)c1ccc(C)c(Cl)c1O. The molecule has 1 atom stereocenters. The lowest BCUT2D eigenvalue weighted by Crippen LogP contribution is -2.20. The number of halogens is 1. The molecule has 1 rings (SSSR count). The topological polar surface area (TPSA) is 74.6 Å². The third-order valence-corrected chi connectivity index (χ3v) is 4.76. The highest BCUT2D eigenvalue weighted by Crippen LogP contribution is 2.35. The molecule has 2 N–H and O–H groups in total. The molecule has 0 bridgehead atoms. The van der Waals surface area contributed by atoms with Crippen LogP contribution in [-0.2, 0) is 9.84 Å². The molecule has 4 nitrogen and oxygen atoms in total. The fourth-order valence-electron chi connectivity index (χ4n) is 1.24. The van der Waals surface area contributed by atoms with Crippen LogP contribution in [-0.4, -0.2) is 24.1 Å². The van der Waals surface area contributed by atoms with Crippen LogP contribution >= 0.6 is 11.6 Å². The van der Waals surface area contributed by atoms with Crippen LogP contribution in [0.2, 0.25) is 5.02 Å². The van der Waals surface area contributed by atoms with Gasteiger partial charge in [0.05, 0.1) is 5.02 Å². The predicted molar refractivity (Wildman–Crippen MR) is 61.3 cm³/mol. The smallest absolute Gasteiger partial charge is 0.208 e. The van der Waals surface area contributed by atoms with Gasteiger partial charge in [-0.1, -0.05) is 24.6 Å². The normalized spacial score (nSPS) is 13.8. The van der Waals surface area contributed by atoms with Crippen LogP contribution in [0.4, 0.5) is 0 Å². The molecule has 0 saturated carbocycles. The molecule has 1 aromatic carbocycles. The Morgan fingerprint density at radius 3 is 2.50 bits per heavy atom. The van der Waals surface area contributed by atoms with Crippen molar-refractivity contribution in [3.63, 3.8) is 0 Å². The zero-order chi connectivity index (χ0) is 12.5. The number of sulfone groups is 1. The van der Waals surface area contributed by atoms with E-state index in [0.29, 0.717) is 5.56 Å². The van der Waals surface area contributed by atoms with E-state index in [0.717, 1.165) is 0 Å². The minimum absolute atomic E-state index is 0.00984. The Morgan fingerprint density at radius 2 is 2.00 bits per heavy atom. The number of hydrogen-bond acceptors (Lipinski definition) is 4. The average molecular weight is 265 g/mol. The summed E-state index contributed by atoms with van der Waals surface area (Å²) in [6.07, 6.45) is 0.0489. The second-order valence-corrected chi connectivity index (χ2v) is 5.90. The van der Waals surface area contributed by atoms with Gasteiger partial charge in [0.25, 0.3) is 0 Å². The lowest BCUT2D eigenvalue weighted by atomic mass is 10.2. The standard InChI is InChI=1S/C10H13ClO4S/c1-3-8(12)16(14,15)7-5-4-6(2)9(11)10(7)13/h4-5,8,12-13H,3H2,1-2H3/t8-/m1/s1. The van der Waals surface area contributed by atoms with Gasteiger partial charge in [-0.15, -0.1) is 0 Å². The summed E-state index contributed by atoms with van der Waals surface area (Å²) >= 11 is 5.74. The average Bonchev–Trinajstić information content (AvgIpc) is 2.24. The Balaban J connectivity index is 3.41. The number of aryl methyl sites for hydroxylation is 1. The number of rotatable bonds is 3. The maximum atomic E-state index is 11.8. The lowest BCUT2D eigenvalue weighted by molar-refractivity contribution is 0.244. The maximum absolute atomic E-state index is 11.8. The lowest BCUT2D eigenvalue weighted by Gasteiger charge is -2.12. The van der Waals surface area contributed by atoms with E-state index in [1.54, 1.807) is 6.92 Å². The van der Waals surface area contributed by atoms with Crippen LogP contribution in [0, 0.1) is 6.92 Å². The van der Waals surface area contributed by atoms with Crippen LogP contribution in [0.25, 0.3) is 0 Å². The third kappa shape index (κ3) is 2.16. The molecule has 0 aromatic heterocycles. The van der Waals surface area contributed by atoms with E-state index in [1.807, 2.05) is 0 Å². The van der Waals surface area contributed by atoms with E-state index in [1.165, 1.54) is 19.1 Å². The first-order chi connectivity index (χ1) is 7.32. The van der Waals surface area contributed by atoms with Gasteiger partial charge in [-0.3, -0.25) is 0 Å². The predicted octanol–water partition coefficient (Wildman–Crippen LogP) is 1.86. The van der Waals surface area contributed by atoms with Crippen molar-refractivity contribution in [2.24, 2.45) is 0 Å². The molecule has 0 spiro atoms. The first-order valence-corrected chi connectivity index (χ1v) is 6.64. The Hall–Kier alpha value is -0.780. The maximum Gasteiger partial charge on any atom is 0.208 e. The van der Waals surface area contributed by atoms with Gasteiger partial charge < -0.3 is 10.2 Å². The molecular formula is C10H13ClO4S. The summed E-state index contributed by atoms with van der Waals surface area (Å²) in [6.45, 7) is 3.18. The number of aliphatic hydroxyl groups is 1. The summed E-state index contributed by atoms with van der Waals surface area (Å²) in [5.74, 6) is -0.505. The number of phenols is 1. The van der Waals surface area contributed by atoms with Crippen molar-refractivity contribution >= 4 is 21.4 Å². The first-order valence-electron chi connectivity index (χ1n) is 4.72. The van der Waals surface area contributed by atoms with Gasteiger partial charge in [-0.25, -0.2) is 8.42 Å². The zero-order valence-corrected chi connectivity index (χ0v) is 10.5. The number of aromatic hydroxyl groups is 1. The van der Waals surface area contributed by atoms with Gasteiger partial charge in [0, 0.05) is 0 Å². The van der Waals surface area contributed by atoms with E-state index in [4.69, 9.17) is 11.6 Å². The van der Waals surface area contributed by atoms with E-state index >= 15 is 0 Å². The van der Waals surface area contributed by atoms with Gasteiger partial charge in [-0.05, 0) is 25.0 Å². The zero-order valence-electron chi connectivity index (χ0n) is 8.94. The quantitative estimate of drug-likeness (QED) is 0.874. The largest absolute Gasteiger partial charge is 0.505 e. The summed E-state index contributed by atoms with van der Waals surface area (Å²) in [7, 11) is -3.94. The van der Waals surface area contributed by atoms with Crippen LogP contribution in [0.3, 0.4) is 0 Å². The minimum atomic E-state index is -3.94. The van der Waals surface area contributed by atoms with Crippen molar-refractivity contribution in [1.82, 2.24) is 0 Å². The van der Waals surface area contributed by atoms with Crippen molar-refractivity contribution in [1.29, 1.82) is 0 Å². The molecule has 90 valence electrons. The van der Waals surface area contributed by atoms with Crippen molar-refractivity contribution in [2.75, 3.05) is 0 Å². The van der Waals surface area contributed by atoms with E-state index < -0.39 is 21.0 Å². The third-order valence-electron chi connectivity index (χ3n) is 2.29. The van der Waals surface area contributed by atoms with Gasteiger partial charge >= 0.3 is 0 Å². The fourth-order valence-corrected chi connectivity index (χ4v) is 2.83. The van der Waals surface area contributed by atoms with Gasteiger partial charge in [0.2, 0.25) is 9.84 Å². The molecule has 0 radical (unpaired) electrons. The molecule has 1 aromatic rings. The van der Waals surface area contributed by atoms with Crippen LogP contribution < -0.4 is 0 Å². The van der Waals surface area contributed by atoms with Crippen molar-refractivity contribution in [3.8, 4) is 5.75 Å². The molecule has 0 saturated heterocycles. The second-order valence-electron chi connectivity index (χ2n) is 3.45. The molecule has 0 fully saturated rings. The van der Waals surface area contributed by atoms with Crippen molar-refractivity contribution < 1.29 is 18.6 Å². The molecular weight excluding hydrogens is 252 g/mol. The van der Waals surface area contributed by atoms with Crippen LogP contribution in [0.5, 0.6) is 5.75 Å². The molecule has 0 aliphatic heterocycles. The molecule has 0 aliphatic carbocycles. The Kier molecular flexibility index (Phi) is 3.83. The van der Waals surface area contributed by atoms with Gasteiger partial charge in [0.1, 0.15) is 4.90 Å². The number of benzene rings is 1. The fraction of sp³-hybridized carbons (Fsp3) is 0.400. The highest BCUT2D eigenvalue weighted by Gasteiger charge is 2.27. The van der Waals surface area contributed by atoms with Gasteiger partial charge in [-0.2, -0.15) is 0 Å². The summed E-state index contributed by atoms with van der Waals surface area (Å²) < 4.78 is 23.6. The molecule has 0 heterocycles. The number of aliphatic hydroxyl groups excluding tert-OH is 1. The first kappa shape index (κ1) is 13.3. The Morgan fingerprint density at radius 1 is 1.44 bits per heavy atom. The van der Waals surface area contributed by atoms with Crippen LogP contribution in [0.15, 0.2) is 17.0 Å². The van der Waals surface area contributed by atoms with E-state index in [-0.39, 0.29) is 16.3 Å². The number of hydrogen-bond donors (Lipinski definition) is 2. The highest BCUT2D eigenvalue weighted by molar-refractivity contribution is 7.92. The summed E-state index contributed by atoms with van der Waals surface area (Å²) in [6, 6.07) is 2.72. The Labute approximate surface area is 99.4 Å². The molecule has 0 aliphatic rings. The highest BCUT2D eigenvalue weighted by atomic mass is 35.5. The summed E-state index contributed by atoms with van der Waals surface area (Å²) in [5, 5.41) is 19.0. The Bertz CT molecular complexity index is 496. The van der Waals surface area contributed by atoms with Crippen LogP contribution in [0.1, 0.15) is 18.9 Å².